The maximum absolute atomic E-state index is 12.4. The summed E-state index contributed by atoms with van der Waals surface area (Å²) in [4.78, 5) is 17.5. The second-order valence-corrected chi connectivity index (χ2v) is 9.30. The van der Waals surface area contributed by atoms with Crippen molar-refractivity contribution in [1.29, 1.82) is 0 Å². The Morgan fingerprint density at radius 3 is 2.62 bits per heavy atom. The fourth-order valence-electron chi connectivity index (χ4n) is 2.42. The first-order valence-electron chi connectivity index (χ1n) is 8.44. The molecular formula is C18H19N3O5S3. The molecule has 0 fully saturated rings. The maximum atomic E-state index is 12.4. The topological polar surface area (TPSA) is 107 Å². The van der Waals surface area contributed by atoms with Crippen molar-refractivity contribution >= 4 is 43.7 Å². The van der Waals surface area contributed by atoms with Crippen LogP contribution in [0, 0.1) is 0 Å². The molecule has 8 nitrogen and oxygen atoms in total. The Labute approximate surface area is 176 Å². The molecule has 2 aromatic heterocycles. The van der Waals surface area contributed by atoms with Gasteiger partial charge in [0, 0.05) is 24.4 Å². The molecule has 0 atom stereocenters. The van der Waals surface area contributed by atoms with Crippen molar-refractivity contribution < 1.29 is 22.7 Å². The number of thiazole rings is 1. The Balaban J connectivity index is 1.54. The molecule has 2 N–H and O–H groups in total. The number of thiophene rings is 1. The van der Waals surface area contributed by atoms with Crippen molar-refractivity contribution in [2.24, 2.45) is 0 Å². The predicted molar refractivity (Wildman–Crippen MR) is 113 cm³/mol. The molecule has 0 unspecified atom stereocenters. The average molecular weight is 454 g/mol. The van der Waals surface area contributed by atoms with Crippen molar-refractivity contribution in [3.8, 4) is 22.1 Å². The third-order valence-electron chi connectivity index (χ3n) is 3.83. The first kappa shape index (κ1) is 21.2. The number of hydrogen-bond acceptors (Lipinski definition) is 8. The van der Waals surface area contributed by atoms with E-state index in [0.29, 0.717) is 16.6 Å². The zero-order valence-electron chi connectivity index (χ0n) is 15.7. The summed E-state index contributed by atoms with van der Waals surface area (Å²) in [5.41, 5.74) is 0.800. The van der Waals surface area contributed by atoms with Gasteiger partial charge in [0.15, 0.2) is 16.6 Å². The van der Waals surface area contributed by atoms with Crippen LogP contribution in [0.4, 0.5) is 5.13 Å². The second kappa shape index (κ2) is 9.35. The van der Waals surface area contributed by atoms with E-state index in [1.54, 1.807) is 11.3 Å². The summed E-state index contributed by atoms with van der Waals surface area (Å²) in [6, 6.07) is 8.17. The van der Waals surface area contributed by atoms with E-state index in [-0.39, 0.29) is 23.8 Å². The zero-order valence-corrected chi connectivity index (χ0v) is 18.1. The van der Waals surface area contributed by atoms with Crippen LogP contribution in [0.3, 0.4) is 0 Å². The Kier molecular flexibility index (Phi) is 6.85. The minimum absolute atomic E-state index is 0.0241. The number of carbonyl (C=O) groups is 1. The summed E-state index contributed by atoms with van der Waals surface area (Å²) in [5.74, 6) is 0.404. The van der Waals surface area contributed by atoms with E-state index in [1.807, 2.05) is 22.9 Å². The van der Waals surface area contributed by atoms with Crippen LogP contribution in [0.1, 0.15) is 6.42 Å². The van der Waals surface area contributed by atoms with Gasteiger partial charge in [0.2, 0.25) is 15.9 Å². The van der Waals surface area contributed by atoms with E-state index in [2.05, 4.69) is 15.0 Å². The van der Waals surface area contributed by atoms with Gasteiger partial charge in [-0.2, -0.15) is 0 Å². The molecule has 0 aliphatic rings. The number of anilines is 1. The SMILES string of the molecule is COc1ccc(S(=O)(=O)NCCC(=O)Nc2nc(-c3cccs3)cs2)cc1OC. The predicted octanol–water partition coefficient (Wildman–Crippen LogP) is 3.20. The van der Waals surface area contributed by atoms with Crippen molar-refractivity contribution in [3.63, 3.8) is 0 Å². The van der Waals surface area contributed by atoms with E-state index in [4.69, 9.17) is 9.47 Å². The largest absolute Gasteiger partial charge is 0.493 e. The lowest BCUT2D eigenvalue weighted by Gasteiger charge is -2.11. The maximum Gasteiger partial charge on any atom is 0.240 e. The quantitative estimate of drug-likeness (QED) is 0.515. The third-order valence-corrected chi connectivity index (χ3v) is 6.94. The minimum Gasteiger partial charge on any atom is -0.493 e. The second-order valence-electron chi connectivity index (χ2n) is 5.73. The summed E-state index contributed by atoms with van der Waals surface area (Å²) >= 11 is 2.88. The molecule has 154 valence electrons. The van der Waals surface area contributed by atoms with Gasteiger partial charge in [0.25, 0.3) is 0 Å². The van der Waals surface area contributed by atoms with E-state index >= 15 is 0 Å². The van der Waals surface area contributed by atoms with Crippen LogP contribution in [0.5, 0.6) is 11.5 Å². The van der Waals surface area contributed by atoms with Crippen LogP contribution in [-0.2, 0) is 14.8 Å². The number of sulfonamides is 1. The number of aromatic nitrogens is 1. The first-order chi connectivity index (χ1) is 13.9. The number of rotatable bonds is 9. The van der Waals surface area contributed by atoms with Crippen LogP contribution in [0.2, 0.25) is 0 Å². The number of hydrogen-bond donors (Lipinski definition) is 2. The normalized spacial score (nSPS) is 11.2. The molecule has 0 bridgehead atoms. The van der Waals surface area contributed by atoms with Gasteiger partial charge in [-0.1, -0.05) is 6.07 Å². The fraction of sp³-hybridized carbons (Fsp3) is 0.222. The number of nitrogens with one attached hydrogen (secondary N) is 2. The van der Waals surface area contributed by atoms with Crippen molar-refractivity contribution in [3.05, 3.63) is 41.1 Å². The van der Waals surface area contributed by atoms with Gasteiger partial charge < -0.3 is 14.8 Å². The fourth-order valence-corrected chi connectivity index (χ4v) is 4.95. The van der Waals surface area contributed by atoms with Crippen molar-refractivity contribution in [2.45, 2.75) is 11.3 Å². The molecule has 0 radical (unpaired) electrons. The van der Waals surface area contributed by atoms with Crippen molar-refractivity contribution in [1.82, 2.24) is 9.71 Å². The third kappa shape index (κ3) is 5.32. The van der Waals surface area contributed by atoms with Crippen molar-refractivity contribution in [2.75, 3.05) is 26.1 Å². The standard InChI is InChI=1S/C18H19N3O5S3/c1-25-14-6-5-12(10-15(14)26-2)29(23,24)19-8-7-17(22)21-18-20-13(11-28-18)16-4-3-9-27-16/h3-6,9-11,19H,7-8H2,1-2H3,(H,20,21,22). The highest BCUT2D eigenvalue weighted by Gasteiger charge is 2.17. The molecule has 0 aliphatic carbocycles. The molecule has 2 heterocycles. The molecule has 1 aromatic carbocycles. The molecule has 0 saturated heterocycles. The van der Waals surface area contributed by atoms with E-state index in [0.717, 1.165) is 10.6 Å². The molecule has 29 heavy (non-hydrogen) atoms. The lowest BCUT2D eigenvalue weighted by atomic mass is 10.3. The highest BCUT2D eigenvalue weighted by molar-refractivity contribution is 7.89. The summed E-state index contributed by atoms with van der Waals surface area (Å²) in [7, 11) is -0.897. The average Bonchev–Trinajstić information content (AvgIpc) is 3.39. The number of benzene rings is 1. The minimum atomic E-state index is -3.79. The van der Waals surface area contributed by atoms with Gasteiger partial charge in [0.1, 0.15) is 0 Å². The summed E-state index contributed by atoms with van der Waals surface area (Å²) in [6.45, 7) is -0.0499. The molecule has 0 spiro atoms. The van der Waals surface area contributed by atoms with Gasteiger partial charge in [-0.25, -0.2) is 18.1 Å². The van der Waals surface area contributed by atoms with E-state index in [1.165, 1.54) is 43.8 Å². The highest BCUT2D eigenvalue weighted by atomic mass is 32.2. The first-order valence-corrected chi connectivity index (χ1v) is 11.7. The van der Waals surface area contributed by atoms with E-state index in [9.17, 15) is 13.2 Å². The smallest absolute Gasteiger partial charge is 0.240 e. The molecule has 0 saturated carbocycles. The highest BCUT2D eigenvalue weighted by Crippen LogP contribution is 2.29. The van der Waals surface area contributed by atoms with Gasteiger partial charge in [-0.05, 0) is 23.6 Å². The summed E-state index contributed by atoms with van der Waals surface area (Å²) in [6.07, 6.45) is -0.0273. The monoisotopic (exact) mass is 453 g/mol. The van der Waals surface area contributed by atoms with Crippen LogP contribution in [0.25, 0.3) is 10.6 Å². The Hall–Kier alpha value is -2.47. The van der Waals surface area contributed by atoms with E-state index < -0.39 is 10.0 Å². The lowest BCUT2D eigenvalue weighted by Crippen LogP contribution is -2.27. The summed E-state index contributed by atoms with van der Waals surface area (Å²) < 4.78 is 37.5. The molecule has 11 heteroatoms. The Bertz CT molecular complexity index is 1080. The Morgan fingerprint density at radius 2 is 1.93 bits per heavy atom. The van der Waals surface area contributed by atoms with Crippen LogP contribution >= 0.6 is 22.7 Å². The molecule has 0 aliphatic heterocycles. The molecule has 3 aromatic rings. The molecule has 3 rings (SSSR count). The number of methoxy groups -OCH3 is 2. The van der Waals surface area contributed by atoms with Gasteiger partial charge in [-0.15, -0.1) is 22.7 Å². The number of carbonyl (C=O) groups excluding carboxylic acids is 1. The Morgan fingerprint density at radius 1 is 1.14 bits per heavy atom. The van der Waals surface area contributed by atoms with Crippen LogP contribution < -0.4 is 19.5 Å². The number of amides is 1. The zero-order chi connectivity index (χ0) is 20.9. The van der Waals surface area contributed by atoms with Crippen LogP contribution in [0.15, 0.2) is 46.0 Å². The molecule has 1 amide bonds. The van der Waals surface area contributed by atoms with Gasteiger partial charge in [-0.3, -0.25) is 4.79 Å². The lowest BCUT2D eigenvalue weighted by molar-refractivity contribution is -0.116. The summed E-state index contributed by atoms with van der Waals surface area (Å²) in [5, 5.41) is 6.98. The van der Waals surface area contributed by atoms with Gasteiger partial charge >= 0.3 is 0 Å². The number of ether oxygens (including phenoxy) is 2. The molecular weight excluding hydrogens is 434 g/mol. The number of nitrogens with zero attached hydrogens (tertiary/aromatic N) is 1. The van der Waals surface area contributed by atoms with Gasteiger partial charge in [0.05, 0.1) is 29.7 Å². The van der Waals surface area contributed by atoms with Crippen LogP contribution in [-0.4, -0.2) is 40.1 Å².